The van der Waals surface area contributed by atoms with Crippen LogP contribution in [0.5, 0.6) is 0 Å². The van der Waals surface area contributed by atoms with Crippen LogP contribution < -0.4 is 0 Å². The molecule has 1 heterocycles. The van der Waals surface area contributed by atoms with Crippen molar-refractivity contribution in [3.8, 4) is 0 Å². The van der Waals surface area contributed by atoms with E-state index in [2.05, 4.69) is 19.7 Å². The Morgan fingerprint density at radius 2 is 0.868 bits per heavy atom. The summed E-state index contributed by atoms with van der Waals surface area (Å²) in [6.45, 7) is 10.9. The molecule has 0 spiro atoms. The second-order valence-electron chi connectivity index (χ2n) is 11.4. The Bertz CT molecular complexity index is 1260. The van der Waals surface area contributed by atoms with Crippen LogP contribution >= 0.6 is 0 Å². The van der Waals surface area contributed by atoms with Crippen LogP contribution in [-0.4, -0.2) is 105 Å². The van der Waals surface area contributed by atoms with Gasteiger partial charge in [-0.15, -0.1) is 0 Å². The van der Waals surface area contributed by atoms with Gasteiger partial charge in [-0.25, -0.2) is 14.4 Å². The first-order chi connectivity index (χ1) is 25.4. The lowest BCUT2D eigenvalue weighted by Crippen LogP contribution is -2.58. The summed E-state index contributed by atoms with van der Waals surface area (Å²) in [5.41, 5.74) is 0. The second kappa shape index (κ2) is 27.6. The third-order valence-electron chi connectivity index (χ3n) is 7.09. The number of rotatable bonds is 27. The lowest BCUT2D eigenvalue weighted by molar-refractivity contribution is -0.275. The van der Waals surface area contributed by atoms with Crippen LogP contribution in [-0.2, 0) is 81.0 Å². The van der Waals surface area contributed by atoms with E-state index in [1.54, 1.807) is 0 Å². The Kier molecular flexibility index (Phi) is 23.9. The van der Waals surface area contributed by atoms with E-state index in [0.29, 0.717) is 25.7 Å². The molecule has 296 valence electrons. The molecule has 0 aromatic rings. The molecule has 1 aliphatic heterocycles. The fourth-order valence-electron chi connectivity index (χ4n) is 4.45. The largest absolute Gasteiger partial charge is 0.466 e. The second-order valence-corrected chi connectivity index (χ2v) is 11.4. The van der Waals surface area contributed by atoms with Crippen LogP contribution in [0.15, 0.2) is 38.0 Å². The third-order valence-corrected chi connectivity index (χ3v) is 7.09. The number of hydrogen-bond donors (Lipinski definition) is 0. The van der Waals surface area contributed by atoms with Gasteiger partial charge in [0.25, 0.3) is 0 Å². The highest BCUT2D eigenvalue weighted by molar-refractivity contribution is 5.82. The van der Waals surface area contributed by atoms with E-state index in [1.807, 2.05) is 0 Å². The molecule has 17 heteroatoms. The molecule has 1 rings (SSSR count). The number of hydrogen-bond acceptors (Lipinski definition) is 17. The number of ether oxygens (including phenoxy) is 9. The zero-order chi connectivity index (χ0) is 39.4. The van der Waals surface area contributed by atoms with Crippen molar-refractivity contribution in [2.75, 3.05) is 33.0 Å². The van der Waals surface area contributed by atoms with Gasteiger partial charge in [-0.1, -0.05) is 19.7 Å². The zero-order valence-electron chi connectivity index (χ0n) is 30.1. The summed E-state index contributed by atoms with van der Waals surface area (Å²) >= 11 is 0. The van der Waals surface area contributed by atoms with Gasteiger partial charge in [-0.2, -0.15) is 0 Å². The summed E-state index contributed by atoms with van der Waals surface area (Å²) in [7, 11) is 0. The quantitative estimate of drug-likeness (QED) is 0.0509. The maximum Gasteiger partial charge on any atom is 0.330 e. The van der Waals surface area contributed by atoms with E-state index >= 15 is 0 Å². The summed E-state index contributed by atoms with van der Waals surface area (Å²) in [5.74, 6) is -5.38. The molecule has 17 nitrogen and oxygen atoms in total. The lowest BCUT2D eigenvalue weighted by atomic mass is 10.0. The Labute approximate surface area is 308 Å². The maximum absolute atomic E-state index is 13.0. The number of carbonyl (C=O) groups is 8. The van der Waals surface area contributed by atoms with Crippen LogP contribution in [0.3, 0.4) is 0 Å². The Morgan fingerprint density at radius 1 is 0.509 bits per heavy atom. The first-order valence-corrected chi connectivity index (χ1v) is 17.3. The van der Waals surface area contributed by atoms with Crippen molar-refractivity contribution in [2.24, 2.45) is 0 Å². The topological polar surface area (TPSA) is 220 Å². The highest BCUT2D eigenvalue weighted by Crippen LogP contribution is 2.27. The van der Waals surface area contributed by atoms with Crippen molar-refractivity contribution in [2.45, 2.75) is 109 Å². The molecule has 0 radical (unpaired) electrons. The maximum atomic E-state index is 13.0. The average Bonchev–Trinajstić information content (AvgIpc) is 3.12. The number of unbranched alkanes of at least 4 members (excludes halogenated alkanes) is 4. The fourth-order valence-corrected chi connectivity index (χ4v) is 4.45. The van der Waals surface area contributed by atoms with Crippen LogP contribution in [0.4, 0.5) is 0 Å². The minimum Gasteiger partial charge on any atom is -0.466 e. The van der Waals surface area contributed by atoms with E-state index in [9.17, 15) is 38.4 Å². The fraction of sp³-hybridized carbons (Fsp3) is 0.611. The first kappa shape index (κ1) is 46.0. The predicted molar refractivity (Wildman–Crippen MR) is 181 cm³/mol. The van der Waals surface area contributed by atoms with Gasteiger partial charge in [0, 0.05) is 50.8 Å². The predicted octanol–water partition coefficient (Wildman–Crippen LogP) is 3.05. The summed E-state index contributed by atoms with van der Waals surface area (Å²) in [4.78, 5) is 96.5. The summed E-state index contributed by atoms with van der Waals surface area (Å²) in [5, 5.41) is 0. The standard InChI is InChI=1S/C36H50O17/c1-5-27(38)46-21-13-9-16-30(41)50-26-24-49-36(53-33(44)19-11-15-23-48-29(40)7-3)35(52-32(43)18-10-14-22-47-28(39)6-2)34(26)51-31(42)17-8-12-20-45-25(4)37/h5-7,26,34-36H,1-3,8-24H2,4H3/t26-,34+,35-,36?/m1/s1. The molecule has 1 fully saturated rings. The molecule has 4 atom stereocenters. The Hall–Kier alpha value is -5.06. The van der Waals surface area contributed by atoms with Crippen molar-refractivity contribution in [3.63, 3.8) is 0 Å². The van der Waals surface area contributed by atoms with Crippen LogP contribution in [0, 0.1) is 0 Å². The van der Waals surface area contributed by atoms with Crippen molar-refractivity contribution in [1.82, 2.24) is 0 Å². The summed E-state index contributed by atoms with van der Waals surface area (Å²) in [6.07, 6.45) is -1.14. The monoisotopic (exact) mass is 754 g/mol. The van der Waals surface area contributed by atoms with Crippen molar-refractivity contribution >= 4 is 47.8 Å². The van der Waals surface area contributed by atoms with E-state index in [0.717, 1.165) is 18.2 Å². The van der Waals surface area contributed by atoms with E-state index in [4.69, 9.17) is 42.6 Å². The molecule has 0 saturated carbocycles. The molecule has 0 bridgehead atoms. The van der Waals surface area contributed by atoms with Gasteiger partial charge in [0.1, 0.15) is 0 Å². The van der Waals surface area contributed by atoms with E-state index in [1.165, 1.54) is 6.92 Å². The SMILES string of the molecule is C=CC(=O)OCCCCC(=O)OC1OC[C@@H](OC(=O)CCCCOC(=O)C=C)[C@H](OC(=O)CCCCOC(C)=O)[C@H]1OC(=O)CCCCOC(=O)C=C. The molecule has 0 aliphatic carbocycles. The zero-order valence-corrected chi connectivity index (χ0v) is 30.1. The Morgan fingerprint density at radius 3 is 1.26 bits per heavy atom. The van der Waals surface area contributed by atoms with Crippen molar-refractivity contribution in [1.29, 1.82) is 0 Å². The number of esters is 8. The molecular formula is C36H50O17. The number of carbonyl (C=O) groups excluding carboxylic acids is 8. The third kappa shape index (κ3) is 21.8. The highest BCUT2D eigenvalue weighted by atomic mass is 16.7. The molecule has 53 heavy (non-hydrogen) atoms. The van der Waals surface area contributed by atoms with Crippen LogP contribution in [0.25, 0.3) is 0 Å². The summed E-state index contributed by atoms with van der Waals surface area (Å²) in [6, 6.07) is 0. The average molecular weight is 755 g/mol. The van der Waals surface area contributed by atoms with Crippen molar-refractivity contribution in [3.05, 3.63) is 38.0 Å². The van der Waals surface area contributed by atoms with Gasteiger partial charge < -0.3 is 42.6 Å². The first-order valence-electron chi connectivity index (χ1n) is 17.3. The van der Waals surface area contributed by atoms with Gasteiger partial charge in [0.05, 0.1) is 33.0 Å². The van der Waals surface area contributed by atoms with Gasteiger partial charge in [0.2, 0.25) is 12.4 Å². The van der Waals surface area contributed by atoms with Gasteiger partial charge in [0.15, 0.2) is 12.2 Å². The molecule has 1 unspecified atom stereocenters. The minimum absolute atomic E-state index is 0.0180. The van der Waals surface area contributed by atoms with Gasteiger partial charge >= 0.3 is 47.8 Å². The van der Waals surface area contributed by atoms with Crippen LogP contribution in [0.2, 0.25) is 0 Å². The molecule has 0 aromatic carbocycles. The molecule has 0 N–H and O–H groups in total. The Balaban J connectivity index is 3.11. The normalized spacial score (nSPS) is 17.5. The van der Waals surface area contributed by atoms with Gasteiger partial charge in [-0.05, 0) is 51.4 Å². The molecule has 0 amide bonds. The van der Waals surface area contributed by atoms with Gasteiger partial charge in [-0.3, -0.25) is 24.0 Å². The minimum atomic E-state index is -1.58. The van der Waals surface area contributed by atoms with Crippen molar-refractivity contribution < 1.29 is 81.0 Å². The molecule has 0 aromatic heterocycles. The lowest BCUT2D eigenvalue weighted by Gasteiger charge is -2.40. The highest BCUT2D eigenvalue weighted by Gasteiger charge is 2.49. The van der Waals surface area contributed by atoms with E-state index in [-0.39, 0.29) is 77.8 Å². The smallest absolute Gasteiger partial charge is 0.330 e. The molecule has 1 saturated heterocycles. The summed E-state index contributed by atoms with van der Waals surface area (Å²) < 4.78 is 47.7. The van der Waals surface area contributed by atoms with Crippen LogP contribution in [0.1, 0.15) is 84.0 Å². The molecular weight excluding hydrogens is 704 g/mol. The van der Waals surface area contributed by atoms with E-state index < -0.39 is 79.0 Å². The molecule has 1 aliphatic rings.